The summed E-state index contributed by atoms with van der Waals surface area (Å²) in [5.74, 6) is -0.298. The summed E-state index contributed by atoms with van der Waals surface area (Å²) < 4.78 is 52.2. The minimum Gasteiger partial charge on any atom is -0.489 e. The maximum absolute atomic E-state index is 14.1. The summed E-state index contributed by atoms with van der Waals surface area (Å²) >= 11 is 5.82. The topological polar surface area (TPSA) is 76.8 Å². The van der Waals surface area contributed by atoms with Crippen molar-refractivity contribution in [1.82, 2.24) is 14.5 Å². The molecule has 5 rings (SSSR count). The van der Waals surface area contributed by atoms with E-state index in [-0.39, 0.29) is 23.4 Å². The molecule has 0 spiro atoms. The number of hydrogen-bond donors (Lipinski definition) is 1. The van der Waals surface area contributed by atoms with Crippen LogP contribution in [0.15, 0.2) is 54.6 Å². The molecule has 0 unspecified atom stereocenters. The van der Waals surface area contributed by atoms with Crippen molar-refractivity contribution >= 4 is 28.6 Å². The highest BCUT2D eigenvalue weighted by atomic mass is 35.5. The number of aryl methyl sites for hydroxylation is 1. The fourth-order valence-electron chi connectivity index (χ4n) is 5.04. The Hall–Kier alpha value is -3.76. The van der Waals surface area contributed by atoms with E-state index in [1.807, 2.05) is 18.2 Å². The average molecular weight is 574 g/mol. The van der Waals surface area contributed by atoms with Crippen LogP contribution in [0.5, 0.6) is 11.5 Å². The Morgan fingerprint density at radius 1 is 1.15 bits per heavy atom. The van der Waals surface area contributed by atoms with Crippen molar-refractivity contribution in [2.75, 3.05) is 13.1 Å². The molecule has 4 aromatic rings. The van der Waals surface area contributed by atoms with Crippen molar-refractivity contribution in [2.45, 2.75) is 38.5 Å². The van der Waals surface area contributed by atoms with Gasteiger partial charge in [-0.05, 0) is 73.8 Å². The molecule has 1 fully saturated rings. The van der Waals surface area contributed by atoms with Gasteiger partial charge in [0.05, 0.1) is 17.6 Å². The Bertz CT molecular complexity index is 1540. The monoisotopic (exact) mass is 573 g/mol. The van der Waals surface area contributed by atoms with Gasteiger partial charge in [-0.1, -0.05) is 29.8 Å². The fraction of sp³-hybridized carbons (Fsp3) is 0.310. The van der Waals surface area contributed by atoms with Crippen LogP contribution in [0.3, 0.4) is 0 Å². The summed E-state index contributed by atoms with van der Waals surface area (Å²) in [6.07, 6.45) is 1.78. The number of carboxylic acids is 1. The van der Waals surface area contributed by atoms with Gasteiger partial charge < -0.3 is 19.1 Å². The van der Waals surface area contributed by atoms with E-state index in [0.29, 0.717) is 40.1 Å². The quantitative estimate of drug-likeness (QED) is 0.242. The van der Waals surface area contributed by atoms with E-state index < -0.39 is 18.4 Å². The predicted octanol–water partition coefficient (Wildman–Crippen LogP) is 6.62. The Morgan fingerprint density at radius 3 is 2.62 bits per heavy atom. The molecule has 1 aromatic heterocycles. The third-order valence-corrected chi connectivity index (χ3v) is 7.43. The molecule has 0 atom stereocenters. The van der Waals surface area contributed by atoms with Crippen LogP contribution in [-0.4, -0.2) is 45.2 Å². The lowest BCUT2D eigenvalue weighted by Crippen LogP contribution is -2.33. The van der Waals surface area contributed by atoms with Gasteiger partial charge in [-0.2, -0.15) is 8.78 Å². The normalized spacial score (nSPS) is 14.7. The number of aromatic nitrogens is 2. The lowest BCUT2D eigenvalue weighted by Gasteiger charge is -2.32. The molecule has 1 aliphatic heterocycles. The Labute approximate surface area is 233 Å². The predicted molar refractivity (Wildman–Crippen MR) is 144 cm³/mol. The van der Waals surface area contributed by atoms with Gasteiger partial charge in [-0.15, -0.1) is 0 Å². The maximum atomic E-state index is 14.1. The minimum absolute atomic E-state index is 0.0982. The van der Waals surface area contributed by atoms with Crippen LogP contribution < -0.4 is 9.47 Å². The van der Waals surface area contributed by atoms with Gasteiger partial charge in [0, 0.05) is 17.6 Å². The number of ether oxygens (including phenoxy) is 2. The number of aromatic carboxylic acids is 1. The Morgan fingerprint density at radius 2 is 1.93 bits per heavy atom. The number of fused-ring (bicyclic) bond motifs is 1. The smallest absolute Gasteiger partial charge is 0.387 e. The maximum Gasteiger partial charge on any atom is 0.387 e. The van der Waals surface area contributed by atoms with Crippen LogP contribution >= 0.6 is 11.6 Å². The van der Waals surface area contributed by atoms with Crippen LogP contribution in [0.25, 0.3) is 11.0 Å². The van der Waals surface area contributed by atoms with E-state index in [1.165, 1.54) is 12.1 Å². The number of halogens is 4. The van der Waals surface area contributed by atoms with Crippen molar-refractivity contribution in [3.05, 3.63) is 88.0 Å². The molecule has 3 aromatic carbocycles. The number of hydrogen-bond acceptors (Lipinski definition) is 5. The number of nitrogens with zero attached hydrogens (tertiary/aromatic N) is 3. The third-order valence-electron chi connectivity index (χ3n) is 7.20. The van der Waals surface area contributed by atoms with Crippen LogP contribution in [0.2, 0.25) is 5.02 Å². The standard InChI is InChI=1S/C29H27ClF3N3O4/c1-35-24-12-20(28(37)38)13-25(40-29(32)33)27(24)34-26(35)15-36-9-7-17(8-10-36)18-3-2-4-22(11-18)39-16-19-5-6-21(30)14-23(19)31/h2-6,11-14,17,29H,7-10,15-16H2,1H3,(H,37,38). The van der Waals surface area contributed by atoms with Gasteiger partial charge in [0.25, 0.3) is 0 Å². The van der Waals surface area contributed by atoms with Crippen LogP contribution in [0.1, 0.15) is 46.1 Å². The fourth-order valence-corrected chi connectivity index (χ4v) is 5.20. The van der Waals surface area contributed by atoms with Crippen LogP contribution in [0.4, 0.5) is 13.2 Å². The molecule has 1 aliphatic rings. The van der Waals surface area contributed by atoms with E-state index in [2.05, 4.69) is 20.7 Å². The molecule has 11 heteroatoms. The zero-order valence-electron chi connectivity index (χ0n) is 21.6. The van der Waals surface area contributed by atoms with Gasteiger partial charge in [0.2, 0.25) is 0 Å². The number of alkyl halides is 2. The second kappa shape index (κ2) is 11.8. The van der Waals surface area contributed by atoms with Crippen molar-refractivity contribution in [3.63, 3.8) is 0 Å². The van der Waals surface area contributed by atoms with E-state index >= 15 is 0 Å². The highest BCUT2D eigenvalue weighted by molar-refractivity contribution is 6.30. The summed E-state index contributed by atoms with van der Waals surface area (Å²) in [5, 5.41) is 9.73. The molecule has 1 N–H and O–H groups in total. The van der Waals surface area contributed by atoms with Crippen LogP contribution in [0, 0.1) is 5.82 Å². The summed E-state index contributed by atoms with van der Waals surface area (Å²) in [6.45, 7) is -0.949. The summed E-state index contributed by atoms with van der Waals surface area (Å²) in [6, 6.07) is 14.8. The zero-order valence-corrected chi connectivity index (χ0v) is 22.4. The third kappa shape index (κ3) is 6.18. The van der Waals surface area contributed by atoms with Gasteiger partial charge >= 0.3 is 12.6 Å². The molecule has 7 nitrogen and oxygen atoms in total. The molecule has 0 radical (unpaired) electrons. The second-order valence-corrected chi connectivity index (χ2v) is 10.2. The SMILES string of the molecule is Cn1c(CN2CCC(c3cccc(OCc4ccc(Cl)cc4F)c3)CC2)nc2c(OC(F)F)cc(C(=O)O)cc21. The van der Waals surface area contributed by atoms with Crippen LogP contribution in [-0.2, 0) is 20.2 Å². The molecule has 2 heterocycles. The van der Waals surface area contributed by atoms with E-state index in [4.69, 9.17) is 16.3 Å². The van der Waals surface area contributed by atoms with Gasteiger partial charge in [0.15, 0.2) is 5.75 Å². The number of carbonyl (C=O) groups is 1. The first-order valence-corrected chi connectivity index (χ1v) is 13.1. The molecule has 0 aliphatic carbocycles. The first-order chi connectivity index (χ1) is 19.2. The zero-order chi connectivity index (χ0) is 28.4. The highest BCUT2D eigenvalue weighted by Crippen LogP contribution is 2.33. The largest absolute Gasteiger partial charge is 0.489 e. The van der Waals surface area contributed by atoms with E-state index in [1.54, 1.807) is 23.7 Å². The summed E-state index contributed by atoms with van der Waals surface area (Å²) in [5.41, 5.74) is 2.04. The number of imidazole rings is 1. The lowest BCUT2D eigenvalue weighted by molar-refractivity contribution is -0.0489. The summed E-state index contributed by atoms with van der Waals surface area (Å²) in [7, 11) is 1.73. The van der Waals surface area contributed by atoms with Crippen molar-refractivity contribution < 1.29 is 32.5 Å². The average Bonchev–Trinajstić information content (AvgIpc) is 3.23. The first kappa shape index (κ1) is 27.8. The van der Waals surface area contributed by atoms with Gasteiger partial charge in [0.1, 0.15) is 29.5 Å². The molecule has 1 saturated heterocycles. The molecular weight excluding hydrogens is 547 g/mol. The second-order valence-electron chi connectivity index (χ2n) is 9.76. The highest BCUT2D eigenvalue weighted by Gasteiger charge is 2.24. The molecule has 0 bridgehead atoms. The molecule has 210 valence electrons. The number of carboxylic acid groups (broad SMARTS) is 1. The lowest BCUT2D eigenvalue weighted by atomic mass is 9.89. The van der Waals surface area contributed by atoms with Crippen molar-refractivity contribution in [1.29, 1.82) is 0 Å². The molecule has 0 saturated carbocycles. The Kier molecular flexibility index (Phi) is 8.18. The molecular formula is C29H27ClF3N3O4. The number of piperidine rings is 1. The number of likely N-dealkylation sites (tertiary alicyclic amines) is 1. The first-order valence-electron chi connectivity index (χ1n) is 12.7. The van der Waals surface area contributed by atoms with Crippen molar-refractivity contribution in [3.8, 4) is 11.5 Å². The van der Waals surface area contributed by atoms with E-state index in [9.17, 15) is 23.1 Å². The molecule has 0 amide bonds. The number of benzene rings is 3. The van der Waals surface area contributed by atoms with Gasteiger partial charge in [-0.3, -0.25) is 4.90 Å². The molecule has 40 heavy (non-hydrogen) atoms. The summed E-state index contributed by atoms with van der Waals surface area (Å²) in [4.78, 5) is 18.3. The van der Waals surface area contributed by atoms with Crippen molar-refractivity contribution in [2.24, 2.45) is 7.05 Å². The number of rotatable bonds is 9. The Balaban J connectivity index is 1.24. The van der Waals surface area contributed by atoms with Gasteiger partial charge in [-0.25, -0.2) is 14.2 Å². The van der Waals surface area contributed by atoms with E-state index in [0.717, 1.165) is 37.6 Å². The minimum atomic E-state index is -3.10.